The quantitative estimate of drug-likeness (QED) is 0.138. The van der Waals surface area contributed by atoms with Crippen molar-refractivity contribution >= 4 is 45.8 Å². The molecule has 1 aromatic carbocycles. The molecule has 0 spiro atoms. The molecule has 0 bridgehead atoms. The number of ether oxygens (including phenoxy) is 1. The summed E-state index contributed by atoms with van der Waals surface area (Å²) in [7, 11) is 3.77. The van der Waals surface area contributed by atoms with Crippen LogP contribution >= 0.6 is 23.1 Å². The van der Waals surface area contributed by atoms with E-state index in [-0.39, 0.29) is 17.9 Å². The maximum absolute atomic E-state index is 13.8. The molecule has 2 aromatic rings. The molecule has 1 aliphatic rings. The molecule has 0 saturated carbocycles. The van der Waals surface area contributed by atoms with Gasteiger partial charge in [0.2, 0.25) is 0 Å². The molecule has 0 unspecified atom stereocenters. The molecule has 2 amide bonds. The van der Waals surface area contributed by atoms with E-state index in [0.717, 1.165) is 35.0 Å². The van der Waals surface area contributed by atoms with Gasteiger partial charge in [0.05, 0.1) is 10.6 Å². The van der Waals surface area contributed by atoms with E-state index in [2.05, 4.69) is 53.3 Å². The molecule has 0 radical (unpaired) electrons. The van der Waals surface area contributed by atoms with Crippen molar-refractivity contribution in [2.75, 3.05) is 44.9 Å². The fourth-order valence-electron chi connectivity index (χ4n) is 4.68. The SMILES string of the molecule is C=CCC1=C(/N=C(\C)SC)N(C)CCN(c2cccc(C/C=C\[C@H](CCN(C)C(=O)OC(C)(C)C)c3cccs3)c2)C1=O.CC. The number of carbonyl (C=O) groups is 2. The van der Waals surface area contributed by atoms with Crippen LogP contribution in [-0.2, 0) is 16.0 Å². The van der Waals surface area contributed by atoms with E-state index in [1.54, 1.807) is 41.1 Å². The summed E-state index contributed by atoms with van der Waals surface area (Å²) in [5, 5.41) is 3.00. The van der Waals surface area contributed by atoms with Gasteiger partial charge >= 0.3 is 6.09 Å². The fraction of sp³-hybridized carbons (Fsp3) is 0.472. The standard InChI is InChI=1S/C34H46N4O3S2.C2H6/c1-9-13-29-31(35-25(2)42-8)36(6)21-22-38(32(29)39)28-17-11-15-26(24-28)14-10-16-27(30-18-12-23-43-30)19-20-37(7)33(40)41-34(3,4)5;1-2/h9-12,15-18,23-24,27H,1,13-14,19-22H2,2-8H3;1-2H3/b16-10-,35-25+;/t27-;/m1./s1. The number of allylic oxidation sites excluding steroid dienone is 3. The van der Waals surface area contributed by atoms with Gasteiger partial charge in [-0.25, -0.2) is 9.79 Å². The van der Waals surface area contributed by atoms with Crippen molar-refractivity contribution in [3.63, 3.8) is 0 Å². The Bertz CT molecular complexity index is 1340. The van der Waals surface area contributed by atoms with Crippen LogP contribution in [0.1, 0.15) is 70.7 Å². The number of hydrogen-bond acceptors (Lipinski definition) is 7. The van der Waals surface area contributed by atoms with E-state index in [1.165, 1.54) is 4.88 Å². The summed E-state index contributed by atoms with van der Waals surface area (Å²) in [5.41, 5.74) is 2.14. The molecule has 0 saturated heterocycles. The largest absolute Gasteiger partial charge is 0.444 e. The number of hydrogen-bond donors (Lipinski definition) is 0. The van der Waals surface area contributed by atoms with Gasteiger partial charge in [-0.3, -0.25) is 4.79 Å². The number of carbonyl (C=O) groups excluding carboxylic acids is 2. The van der Waals surface area contributed by atoms with E-state index in [9.17, 15) is 9.59 Å². The van der Waals surface area contributed by atoms with Gasteiger partial charge in [0, 0.05) is 50.2 Å². The van der Waals surface area contributed by atoms with Crippen molar-refractivity contribution in [1.82, 2.24) is 9.80 Å². The summed E-state index contributed by atoms with van der Waals surface area (Å²) in [6, 6.07) is 12.4. The highest BCUT2D eigenvalue weighted by molar-refractivity contribution is 8.13. The zero-order valence-corrected chi connectivity index (χ0v) is 30.3. The minimum absolute atomic E-state index is 0.0311. The molecule has 2 heterocycles. The fourth-order valence-corrected chi connectivity index (χ4v) is 5.70. The summed E-state index contributed by atoms with van der Waals surface area (Å²) in [6.45, 7) is 17.3. The first-order valence-corrected chi connectivity index (χ1v) is 17.7. The summed E-state index contributed by atoms with van der Waals surface area (Å²) in [6.07, 6.45) is 9.85. The summed E-state index contributed by atoms with van der Waals surface area (Å²) < 4.78 is 5.52. The highest BCUT2D eigenvalue weighted by Crippen LogP contribution is 2.28. The van der Waals surface area contributed by atoms with Crippen LogP contribution in [0.3, 0.4) is 0 Å². The highest BCUT2D eigenvalue weighted by atomic mass is 32.2. The maximum Gasteiger partial charge on any atom is 0.410 e. The van der Waals surface area contributed by atoms with Gasteiger partial charge in [-0.1, -0.05) is 50.3 Å². The van der Waals surface area contributed by atoms with E-state index >= 15 is 0 Å². The van der Waals surface area contributed by atoms with Crippen molar-refractivity contribution in [3.8, 4) is 0 Å². The molecule has 0 fully saturated rings. The second kappa shape index (κ2) is 18.6. The lowest BCUT2D eigenvalue weighted by molar-refractivity contribution is -0.115. The highest BCUT2D eigenvalue weighted by Gasteiger charge is 2.28. The minimum atomic E-state index is -0.520. The lowest BCUT2D eigenvalue weighted by Gasteiger charge is -2.25. The van der Waals surface area contributed by atoms with Crippen molar-refractivity contribution in [1.29, 1.82) is 0 Å². The van der Waals surface area contributed by atoms with Crippen molar-refractivity contribution in [2.24, 2.45) is 4.99 Å². The second-order valence-corrected chi connectivity index (χ2v) is 13.6. The van der Waals surface area contributed by atoms with Gasteiger partial charge in [0.25, 0.3) is 5.91 Å². The van der Waals surface area contributed by atoms with Crippen LogP contribution in [0.25, 0.3) is 0 Å². The molecule has 45 heavy (non-hydrogen) atoms. The van der Waals surface area contributed by atoms with Crippen LogP contribution in [0.2, 0.25) is 0 Å². The average Bonchev–Trinajstić information content (AvgIpc) is 3.52. The number of nitrogens with zero attached hydrogens (tertiary/aromatic N) is 4. The summed E-state index contributed by atoms with van der Waals surface area (Å²) in [4.78, 5) is 37.9. The minimum Gasteiger partial charge on any atom is -0.444 e. The van der Waals surface area contributed by atoms with Gasteiger partial charge in [-0.05, 0) is 82.4 Å². The van der Waals surface area contributed by atoms with Gasteiger partial charge < -0.3 is 19.4 Å². The first kappa shape index (κ1) is 37.9. The number of thioether (sulfide) groups is 1. The van der Waals surface area contributed by atoms with Crippen molar-refractivity contribution in [3.05, 3.63) is 88.4 Å². The molecule has 246 valence electrons. The number of likely N-dealkylation sites (N-methyl/N-ethyl adjacent to an activating group) is 1. The number of amides is 2. The third-order valence-electron chi connectivity index (χ3n) is 7.03. The van der Waals surface area contributed by atoms with Gasteiger partial charge in [0.1, 0.15) is 11.4 Å². The van der Waals surface area contributed by atoms with Gasteiger partial charge in [-0.15, -0.1) is 29.7 Å². The van der Waals surface area contributed by atoms with Crippen LogP contribution in [0, 0.1) is 0 Å². The van der Waals surface area contributed by atoms with Crippen molar-refractivity contribution < 1.29 is 14.3 Å². The topological polar surface area (TPSA) is 65.4 Å². The normalized spacial score (nSPS) is 15.0. The number of benzene rings is 1. The third kappa shape index (κ3) is 11.9. The smallest absolute Gasteiger partial charge is 0.410 e. The van der Waals surface area contributed by atoms with Crippen LogP contribution in [0.4, 0.5) is 10.5 Å². The van der Waals surface area contributed by atoms with Crippen molar-refractivity contribution in [2.45, 2.75) is 72.3 Å². The molecular formula is C36H52N4O3S2. The Morgan fingerprint density at radius 2 is 1.93 bits per heavy atom. The maximum atomic E-state index is 13.8. The Balaban J connectivity index is 0.00000345. The van der Waals surface area contributed by atoms with E-state index < -0.39 is 5.60 Å². The van der Waals surface area contributed by atoms with E-state index in [0.29, 0.717) is 31.6 Å². The third-order valence-corrected chi connectivity index (χ3v) is 8.72. The Morgan fingerprint density at radius 3 is 2.56 bits per heavy atom. The number of rotatable bonds is 11. The lowest BCUT2D eigenvalue weighted by atomic mass is 10.0. The van der Waals surface area contributed by atoms with E-state index in [4.69, 9.17) is 9.73 Å². The zero-order valence-electron chi connectivity index (χ0n) is 28.6. The second-order valence-electron chi connectivity index (χ2n) is 11.6. The summed E-state index contributed by atoms with van der Waals surface area (Å²) >= 11 is 3.30. The zero-order chi connectivity index (χ0) is 33.6. The lowest BCUT2D eigenvalue weighted by Crippen LogP contribution is -2.35. The first-order chi connectivity index (χ1) is 21.4. The van der Waals surface area contributed by atoms with Crippen LogP contribution in [-0.4, -0.2) is 72.4 Å². The van der Waals surface area contributed by atoms with Crippen LogP contribution < -0.4 is 4.90 Å². The van der Waals surface area contributed by atoms with Gasteiger partial charge in [-0.2, -0.15) is 0 Å². The molecule has 7 nitrogen and oxygen atoms in total. The Kier molecular flexibility index (Phi) is 15.7. The molecule has 9 heteroatoms. The Labute approximate surface area is 279 Å². The molecule has 0 N–H and O–H groups in total. The molecule has 1 aliphatic heterocycles. The van der Waals surface area contributed by atoms with Crippen LogP contribution in [0.5, 0.6) is 0 Å². The Hall–Kier alpha value is -3.30. The number of anilines is 1. The molecule has 3 rings (SSSR count). The molecule has 0 aliphatic carbocycles. The predicted molar refractivity (Wildman–Crippen MR) is 195 cm³/mol. The summed E-state index contributed by atoms with van der Waals surface area (Å²) in [5.74, 6) is 0.873. The Morgan fingerprint density at radius 1 is 1.20 bits per heavy atom. The number of thiophene rings is 1. The van der Waals surface area contributed by atoms with Gasteiger partial charge in [0.15, 0.2) is 0 Å². The molecule has 1 aromatic heterocycles. The van der Waals surface area contributed by atoms with Crippen LogP contribution in [0.15, 0.2) is 83.0 Å². The monoisotopic (exact) mass is 652 g/mol. The number of aliphatic imine (C=N–C) groups is 1. The molecular weight excluding hydrogens is 601 g/mol. The average molecular weight is 653 g/mol. The molecule has 1 atom stereocenters. The van der Waals surface area contributed by atoms with E-state index in [1.807, 2.05) is 71.9 Å². The first-order valence-electron chi connectivity index (χ1n) is 15.6. The predicted octanol–water partition coefficient (Wildman–Crippen LogP) is 8.76.